The van der Waals surface area contributed by atoms with E-state index in [1.54, 1.807) is 0 Å². The molecule has 5 N–H and O–H groups in total. The molecule has 107 heavy (non-hydrogen) atoms. The van der Waals surface area contributed by atoms with Gasteiger partial charge in [-0.1, -0.05) is 0 Å². The van der Waals surface area contributed by atoms with Crippen molar-refractivity contribution in [3.8, 4) is 11.5 Å². The minimum atomic E-state index is -5.16. The van der Waals surface area contributed by atoms with E-state index < -0.39 is 303 Å². The molecule has 22 aliphatic rings. The fourth-order valence-corrected chi connectivity index (χ4v) is 17.7. The van der Waals surface area contributed by atoms with Gasteiger partial charge in [-0.25, -0.2) is 0 Å². The van der Waals surface area contributed by atoms with E-state index in [-0.39, 0.29) is 0 Å². The normalized spacial score (nSPS) is 44.9. The number of rotatable bonds is 21. The first-order valence-electron chi connectivity index (χ1n) is 34.3. The molecule has 0 amide bonds. The van der Waals surface area contributed by atoms with Crippen molar-refractivity contribution in [1.82, 2.24) is 0 Å². The van der Waals surface area contributed by atoms with Crippen LogP contribution in [0.4, 0.5) is 0 Å². The summed E-state index contributed by atoms with van der Waals surface area (Å²) in [5, 5.41) is 56.4. The Morgan fingerprint density at radius 2 is 0.458 bits per heavy atom. The van der Waals surface area contributed by atoms with Gasteiger partial charge < -0.3 is 168 Å². The second kappa shape index (κ2) is 38.6. The van der Waals surface area contributed by atoms with Crippen LogP contribution in [0.5, 0.6) is 11.5 Å². The van der Waals surface area contributed by atoms with Gasteiger partial charge in [-0.2, -0.15) is 16.8 Å². The van der Waals surface area contributed by atoms with Gasteiger partial charge in [-0.15, -0.1) is 0 Å². The summed E-state index contributed by atoms with van der Waals surface area (Å²) in [6.45, 7) is -5.86. The molecule has 0 saturated carbocycles. The Bertz CT molecular complexity index is 3120. The first-order valence-corrected chi connectivity index (χ1v) is 37.1. The minimum Gasteiger partial charge on any atom is -0.495 e. The molecule has 1 aromatic rings. The molecule has 0 aliphatic carbocycles. The lowest BCUT2D eigenvalue weighted by Crippen LogP contribution is -2.69. The fraction of sp³-hybridized carbons (Fsp3) is 0.906. The average molecular weight is 1590 g/mol. The molecule has 1 aromatic carbocycles. The molecular weight excluding hydrogens is 1490 g/mol. The van der Waals surface area contributed by atoms with Crippen molar-refractivity contribution in [1.29, 1.82) is 0 Å². The molecule has 41 nitrogen and oxygen atoms in total. The van der Waals surface area contributed by atoms with Crippen molar-refractivity contribution in [2.45, 2.75) is 225 Å². The van der Waals surface area contributed by atoms with E-state index in [0.717, 1.165) is 20.3 Å². The lowest BCUT2D eigenvalue weighted by Gasteiger charge is -2.52. The summed E-state index contributed by atoms with van der Waals surface area (Å²) in [4.78, 5) is -1.64. The molecule has 0 spiro atoms. The Hall–Kier alpha value is -2.68. The van der Waals surface area contributed by atoms with E-state index in [0.29, 0.717) is 6.07 Å². The maximum atomic E-state index is 14.8. The minimum absolute atomic E-state index is 0.432. The highest BCUT2D eigenvalue weighted by Crippen LogP contribution is 2.45. The van der Waals surface area contributed by atoms with E-state index in [9.17, 15) is 42.4 Å². The third kappa shape index (κ3) is 17.3. The average Bonchev–Trinajstić information content (AvgIpc) is 1.65. The second-order valence-electron chi connectivity index (χ2n) is 25.9. The van der Waals surface area contributed by atoms with E-state index >= 15 is 0 Å². The van der Waals surface area contributed by atoms with Crippen molar-refractivity contribution >= 4 is 20.2 Å². The predicted octanol–water partition coefficient (Wildman–Crippen LogP) is -4.92. The van der Waals surface area contributed by atoms with Crippen LogP contribution >= 0.6 is 0 Å². The topological polar surface area (TPSA) is 465 Å². The summed E-state index contributed by atoms with van der Waals surface area (Å²) in [6.07, 6.45) is -49.5. The summed E-state index contributed by atoms with van der Waals surface area (Å²) in [5.74, 6) is -0.866. The van der Waals surface area contributed by atoms with Gasteiger partial charge in [-0.05, 0) is 6.07 Å². The maximum Gasteiger partial charge on any atom is 0.300 e. The first-order chi connectivity index (χ1) is 51.6. The molecule has 618 valence electrons. The summed E-state index contributed by atoms with van der Waals surface area (Å²) in [6, 6.07) is 1.70. The zero-order valence-electron chi connectivity index (χ0n) is 62.1. The zero-order valence-corrected chi connectivity index (χ0v) is 63.7. The van der Waals surface area contributed by atoms with Gasteiger partial charge in [0.15, 0.2) is 44.0 Å². The molecule has 21 fully saturated rings. The van der Waals surface area contributed by atoms with Gasteiger partial charge in [0, 0.05) is 106 Å². The lowest BCUT2D eigenvalue weighted by atomic mass is 9.94. The van der Waals surface area contributed by atoms with Crippen LogP contribution in [0, 0.1) is 0 Å². The van der Waals surface area contributed by atoms with Crippen molar-refractivity contribution < 1.29 is 193 Å². The number of hydrogen-bond acceptors (Lipinski definition) is 41. The maximum absolute atomic E-state index is 14.8. The summed E-state index contributed by atoms with van der Waals surface area (Å²) in [7, 11) is 10.3. The third-order valence-electron chi connectivity index (χ3n) is 20.7. The Morgan fingerprint density at radius 1 is 0.271 bits per heavy atom. The largest absolute Gasteiger partial charge is 0.495 e. The van der Waals surface area contributed by atoms with Gasteiger partial charge in [0.2, 0.25) is 0 Å². The molecule has 22 aliphatic heterocycles. The lowest BCUT2D eigenvalue weighted by molar-refractivity contribution is -0.402. The van der Waals surface area contributed by atoms with Gasteiger partial charge >= 0.3 is 20.2 Å². The van der Waals surface area contributed by atoms with Crippen LogP contribution in [0.25, 0.3) is 0 Å². The third-order valence-corrected chi connectivity index (χ3v) is 23.3. The molecule has 21 saturated heterocycles. The molecule has 0 unspecified atom stereocenters. The van der Waals surface area contributed by atoms with Crippen LogP contribution in [0.15, 0.2) is 21.9 Å². The number of ether oxygens (including phenoxy) is 30. The zero-order chi connectivity index (χ0) is 77.5. The number of aliphatic hydroxyl groups excluding tert-OH is 5. The summed E-state index contributed by atoms with van der Waals surface area (Å²) < 4.78 is 261. The van der Waals surface area contributed by atoms with E-state index in [4.69, 9.17) is 150 Å². The Kier molecular flexibility index (Phi) is 31.3. The van der Waals surface area contributed by atoms with Gasteiger partial charge in [0.25, 0.3) is 0 Å². The molecule has 35 atom stereocenters. The number of aliphatic hydroxyl groups is 5. The Balaban J connectivity index is 1.11. The molecular formula is C64H104O41S2. The summed E-state index contributed by atoms with van der Waals surface area (Å²) in [5.41, 5.74) is 0. The van der Waals surface area contributed by atoms with Crippen molar-refractivity contribution in [3.63, 3.8) is 0 Å². The second-order valence-corrected chi connectivity index (χ2v) is 29.0. The molecule has 18 bridgehead atoms. The van der Waals surface area contributed by atoms with Crippen molar-refractivity contribution in [2.24, 2.45) is 0 Å². The number of hydrogen-bond donors (Lipinski definition) is 5. The van der Waals surface area contributed by atoms with Crippen LogP contribution < -0.4 is 9.47 Å². The SMILES string of the molecule is COc1cc(OC)c2cc1S(=O)(=O)OC[C@H]1O[C@@H]3O[C@H]4[C@H](OC)[C@@H](OC)[C@@H](O[C@H]5[C@H](OC)[C@@H](OC)[C@@H](O[C@H]6[C@H](OC)[C@@H](OC)[C@@H](O[C@H]7[C@H](OC)[C@@H](OC)[C@@H](O[C@H]8[C@H](OC)[C@@H](OC)[C@@H](O[C@H]9[C@H](OC)[C@@H](OC)[C@@H](O[C@H]1[C@H](OC)[C@H]3OC)O[C@@H]9CO)O[C@@H]8CO)O[C@@H]7CO)O[C@@H]6CO)O[C@@H]5CO)O[C@@H]4COS2(=O)=O. The van der Waals surface area contributed by atoms with Crippen LogP contribution in [-0.4, -0.2) is 417 Å². The van der Waals surface area contributed by atoms with E-state index in [2.05, 4.69) is 0 Å². The van der Waals surface area contributed by atoms with Crippen LogP contribution in [-0.2, 0) is 161 Å². The van der Waals surface area contributed by atoms with Crippen molar-refractivity contribution in [3.05, 3.63) is 12.1 Å². The van der Waals surface area contributed by atoms with Crippen molar-refractivity contribution in [2.75, 3.05) is 160 Å². The van der Waals surface area contributed by atoms with Crippen LogP contribution in [0.1, 0.15) is 0 Å². The van der Waals surface area contributed by atoms with Gasteiger partial charge in [0.05, 0.1) is 60.5 Å². The number of methoxy groups -OCH3 is 16. The molecule has 43 heteroatoms. The first kappa shape index (κ1) is 86.7. The fourth-order valence-electron chi connectivity index (χ4n) is 15.4. The number of fused-ring (bicyclic) bond motifs is 2. The standard InChI is InChI=1S/C64H104O41S2/c1-74-26-17-27(75-2)36-18-35(26)106(70,71)90-24-33-42-49(81-8)57(89-16)64(98-33)105-43-34(25-91-107(36,72)73)97-63(56(88-15)50(43)82-9)103-41-32(23-69)95-61(54(86-13)48(41)80-7)101-39-30(21-67)93-59(52(84-11)46(39)78-5)99-37-28(19-65)92-58(51(83-10)44(37)76-3)100-38-29(20-66)94-60(53(85-12)45(38)77-4)102-40-31(22-68)96-62(104-42)55(87-14)47(40)79-6/h17-18,28-34,37-69H,19-25H2,1-16H3/t28-,29-,30-,31-,32-,33-,34-,37-,38-,39-,40-,41-,42-,43-,44+,45+,46+,47+,48+,49+,50+,51-,52-,53-,54-,55-,56-,57-,58-,59-,60-,61-,62-,63-,64-/m1/s1. The monoisotopic (exact) mass is 1590 g/mol. The molecule has 0 aromatic heterocycles. The Labute approximate surface area is 619 Å². The quantitative estimate of drug-likeness (QED) is 0.0720. The smallest absolute Gasteiger partial charge is 0.300 e. The van der Waals surface area contributed by atoms with E-state index in [1.165, 1.54) is 99.5 Å². The van der Waals surface area contributed by atoms with Gasteiger partial charge in [0.1, 0.15) is 192 Å². The Morgan fingerprint density at radius 3 is 0.645 bits per heavy atom. The highest BCUT2D eigenvalue weighted by atomic mass is 32.2. The highest BCUT2D eigenvalue weighted by molar-refractivity contribution is 7.87. The van der Waals surface area contributed by atoms with E-state index in [1.807, 2.05) is 0 Å². The predicted molar refractivity (Wildman–Crippen MR) is 347 cm³/mol. The van der Waals surface area contributed by atoms with Crippen LogP contribution in [0.3, 0.4) is 0 Å². The van der Waals surface area contributed by atoms with Crippen LogP contribution in [0.2, 0.25) is 0 Å². The number of benzene rings is 1. The molecule has 0 radical (unpaired) electrons. The highest BCUT2D eigenvalue weighted by Gasteiger charge is 2.62. The van der Waals surface area contributed by atoms with Gasteiger partial charge in [-0.3, -0.25) is 8.37 Å². The summed E-state index contributed by atoms with van der Waals surface area (Å²) >= 11 is 0. The molecule has 22 heterocycles. The molecule has 23 rings (SSSR count).